The molecule has 2 amide bonds. The molecule has 0 fully saturated rings. The van der Waals surface area contributed by atoms with Gasteiger partial charge in [0.25, 0.3) is 0 Å². The Labute approximate surface area is 181 Å². The van der Waals surface area contributed by atoms with Gasteiger partial charge in [0.15, 0.2) is 9.84 Å². The highest BCUT2D eigenvalue weighted by atomic mass is 32.2. The van der Waals surface area contributed by atoms with Gasteiger partial charge in [0.05, 0.1) is 32.2 Å². The van der Waals surface area contributed by atoms with Gasteiger partial charge in [-0.3, -0.25) is 9.59 Å². The van der Waals surface area contributed by atoms with Gasteiger partial charge in [-0.05, 0) is 38.1 Å². The third-order valence-corrected chi connectivity index (χ3v) is 6.32. The largest absolute Gasteiger partial charge is 0.497 e. The second kappa shape index (κ2) is 10.7. The topological polar surface area (TPSA) is 120 Å². The average Bonchev–Trinajstić information content (AvgIpc) is 2.74. The van der Waals surface area contributed by atoms with Crippen LogP contribution in [0.2, 0.25) is 0 Å². The van der Waals surface area contributed by atoms with E-state index in [1.807, 2.05) is 0 Å². The van der Waals surface area contributed by atoms with Crippen LogP contribution in [-0.2, 0) is 19.4 Å². The van der Waals surface area contributed by atoms with E-state index < -0.39 is 32.7 Å². The summed E-state index contributed by atoms with van der Waals surface area (Å²) in [6.07, 6.45) is 0. The minimum Gasteiger partial charge on any atom is -0.497 e. The molecule has 0 spiro atoms. The van der Waals surface area contributed by atoms with Crippen LogP contribution in [0.4, 0.5) is 11.4 Å². The first-order valence-corrected chi connectivity index (χ1v) is 11.2. The molecule has 0 aliphatic carbocycles. The molecule has 2 aromatic rings. The van der Waals surface area contributed by atoms with E-state index in [4.69, 9.17) is 14.2 Å². The van der Waals surface area contributed by atoms with Crippen molar-refractivity contribution in [3.63, 3.8) is 0 Å². The van der Waals surface area contributed by atoms with E-state index >= 15 is 0 Å². The number of para-hydroxylation sites is 2. The number of carbonyl (C=O) groups is 2. The van der Waals surface area contributed by atoms with Crippen LogP contribution in [-0.4, -0.2) is 52.1 Å². The van der Waals surface area contributed by atoms with Crippen LogP contribution in [0.25, 0.3) is 0 Å². The zero-order valence-electron chi connectivity index (χ0n) is 17.8. The molecule has 0 saturated heterocycles. The van der Waals surface area contributed by atoms with E-state index in [-0.39, 0.29) is 5.69 Å². The molecular weight excluding hydrogens is 424 g/mol. The number of carbonyl (C=O) groups excluding carboxylic acids is 2. The molecule has 0 aliphatic rings. The van der Waals surface area contributed by atoms with Crippen LogP contribution in [0.5, 0.6) is 17.2 Å². The first-order valence-electron chi connectivity index (χ1n) is 9.48. The van der Waals surface area contributed by atoms with Crippen molar-refractivity contribution in [3.8, 4) is 17.2 Å². The summed E-state index contributed by atoms with van der Waals surface area (Å²) in [6.45, 7) is 3.40. The van der Waals surface area contributed by atoms with Gasteiger partial charge in [0.1, 0.15) is 28.3 Å². The van der Waals surface area contributed by atoms with Gasteiger partial charge in [0, 0.05) is 6.07 Å². The third-order valence-electron chi connectivity index (χ3n) is 4.37. The highest BCUT2D eigenvalue weighted by Crippen LogP contribution is 2.29. The normalized spacial score (nSPS) is 11.9. The second-order valence-electron chi connectivity index (χ2n) is 6.48. The smallest absolute Gasteiger partial charge is 0.242 e. The lowest BCUT2D eigenvalue weighted by Crippen LogP contribution is -2.37. The van der Waals surface area contributed by atoms with Gasteiger partial charge in [-0.2, -0.15) is 0 Å². The first-order chi connectivity index (χ1) is 14.7. The Morgan fingerprint density at radius 1 is 0.968 bits per heavy atom. The highest BCUT2D eigenvalue weighted by Gasteiger charge is 2.31. The molecule has 31 heavy (non-hydrogen) atoms. The van der Waals surface area contributed by atoms with Crippen molar-refractivity contribution in [2.75, 3.05) is 37.2 Å². The third kappa shape index (κ3) is 6.35. The molecule has 2 N–H and O–H groups in total. The minimum atomic E-state index is -4.10. The standard InChI is InChI=1S/C21H26N2O7S/c1-5-30-19-9-7-6-8-16(19)22-20(24)13-31(26,27)14(2)21(25)23-17-12-15(28-3)10-11-18(17)29-4/h6-12,14H,5,13H2,1-4H3,(H,22,24)(H,23,25). The monoisotopic (exact) mass is 450 g/mol. The van der Waals surface area contributed by atoms with Crippen LogP contribution < -0.4 is 24.8 Å². The summed E-state index contributed by atoms with van der Waals surface area (Å²) < 4.78 is 41.0. The summed E-state index contributed by atoms with van der Waals surface area (Å²) >= 11 is 0. The maximum atomic E-state index is 12.6. The Bertz CT molecular complexity index is 1040. The van der Waals surface area contributed by atoms with E-state index in [0.29, 0.717) is 29.5 Å². The maximum Gasteiger partial charge on any atom is 0.242 e. The quantitative estimate of drug-likeness (QED) is 0.571. The van der Waals surface area contributed by atoms with E-state index in [0.717, 1.165) is 0 Å². The summed E-state index contributed by atoms with van der Waals surface area (Å²) in [4.78, 5) is 24.9. The predicted molar refractivity (Wildman–Crippen MR) is 118 cm³/mol. The molecule has 0 bridgehead atoms. The molecule has 10 heteroatoms. The van der Waals surface area contributed by atoms with Crippen LogP contribution in [0.3, 0.4) is 0 Å². The molecule has 168 valence electrons. The summed E-state index contributed by atoms with van der Waals surface area (Å²) in [5.41, 5.74) is 0.603. The molecular formula is C21H26N2O7S. The maximum absolute atomic E-state index is 12.6. The molecule has 2 aromatic carbocycles. The van der Waals surface area contributed by atoms with Crippen LogP contribution in [0, 0.1) is 0 Å². The number of sulfone groups is 1. The fourth-order valence-electron chi connectivity index (χ4n) is 2.65. The van der Waals surface area contributed by atoms with E-state index in [9.17, 15) is 18.0 Å². The molecule has 0 aliphatic heterocycles. The van der Waals surface area contributed by atoms with Gasteiger partial charge < -0.3 is 24.8 Å². The van der Waals surface area contributed by atoms with Crippen molar-refractivity contribution in [2.45, 2.75) is 19.1 Å². The molecule has 1 unspecified atom stereocenters. The number of hydrogen-bond acceptors (Lipinski definition) is 7. The second-order valence-corrected chi connectivity index (χ2v) is 8.80. The van der Waals surface area contributed by atoms with Gasteiger partial charge >= 0.3 is 0 Å². The first kappa shape index (κ1) is 24.0. The minimum absolute atomic E-state index is 0.254. The van der Waals surface area contributed by atoms with Crippen molar-refractivity contribution in [2.24, 2.45) is 0 Å². The van der Waals surface area contributed by atoms with Crippen LogP contribution >= 0.6 is 0 Å². The lowest BCUT2D eigenvalue weighted by Gasteiger charge is -2.16. The summed E-state index contributed by atoms with van der Waals surface area (Å²) in [5, 5.41) is 3.56. The fourth-order valence-corrected chi connectivity index (χ4v) is 3.73. The van der Waals surface area contributed by atoms with Crippen LogP contribution in [0.1, 0.15) is 13.8 Å². The number of nitrogens with one attached hydrogen (secondary N) is 2. The van der Waals surface area contributed by atoms with E-state index in [1.54, 1.807) is 43.3 Å². The lowest BCUT2D eigenvalue weighted by atomic mass is 10.2. The molecule has 0 heterocycles. The van der Waals surface area contributed by atoms with Crippen molar-refractivity contribution in [1.82, 2.24) is 0 Å². The highest BCUT2D eigenvalue weighted by molar-refractivity contribution is 7.93. The molecule has 0 aromatic heterocycles. The predicted octanol–water partition coefficient (Wildman–Crippen LogP) is 2.48. The van der Waals surface area contributed by atoms with Gasteiger partial charge in [-0.25, -0.2) is 8.42 Å². The number of hydrogen-bond donors (Lipinski definition) is 2. The SMILES string of the molecule is CCOc1ccccc1NC(=O)CS(=O)(=O)C(C)C(=O)Nc1cc(OC)ccc1OC. The number of benzene rings is 2. The average molecular weight is 451 g/mol. The molecule has 0 saturated carbocycles. The number of ether oxygens (including phenoxy) is 3. The Morgan fingerprint density at radius 3 is 2.32 bits per heavy atom. The molecule has 2 rings (SSSR count). The summed E-state index contributed by atoms with van der Waals surface area (Å²) in [6, 6.07) is 11.4. The van der Waals surface area contributed by atoms with Crippen molar-refractivity contribution in [1.29, 1.82) is 0 Å². The van der Waals surface area contributed by atoms with Crippen molar-refractivity contribution >= 4 is 33.0 Å². The zero-order valence-corrected chi connectivity index (χ0v) is 18.6. The van der Waals surface area contributed by atoms with Crippen molar-refractivity contribution < 1.29 is 32.2 Å². The number of methoxy groups -OCH3 is 2. The van der Waals surface area contributed by atoms with E-state index in [2.05, 4.69) is 10.6 Å². The molecule has 0 radical (unpaired) electrons. The molecule has 1 atom stereocenters. The summed E-state index contributed by atoms with van der Waals surface area (Å²) in [5.74, 6) is -1.22. The Hall–Kier alpha value is -3.27. The Kier molecular flexibility index (Phi) is 8.26. The van der Waals surface area contributed by atoms with Gasteiger partial charge in [-0.1, -0.05) is 12.1 Å². The van der Waals surface area contributed by atoms with Gasteiger partial charge in [-0.15, -0.1) is 0 Å². The fraction of sp³-hybridized carbons (Fsp3) is 0.333. The lowest BCUT2D eigenvalue weighted by molar-refractivity contribution is -0.115. The Balaban J connectivity index is 2.10. The molecule has 9 nitrogen and oxygen atoms in total. The van der Waals surface area contributed by atoms with Crippen LogP contribution in [0.15, 0.2) is 42.5 Å². The zero-order chi connectivity index (χ0) is 23.0. The number of amides is 2. The van der Waals surface area contributed by atoms with E-state index in [1.165, 1.54) is 27.2 Å². The van der Waals surface area contributed by atoms with Crippen molar-refractivity contribution in [3.05, 3.63) is 42.5 Å². The summed E-state index contributed by atoms with van der Waals surface area (Å²) in [7, 11) is -1.22. The van der Waals surface area contributed by atoms with Gasteiger partial charge in [0.2, 0.25) is 11.8 Å². The number of rotatable bonds is 10. The number of anilines is 2. The Morgan fingerprint density at radius 2 is 1.68 bits per heavy atom.